The number of hydrogen-bond acceptors (Lipinski definition) is 4. The monoisotopic (exact) mass is 188 g/mol. The summed E-state index contributed by atoms with van der Waals surface area (Å²) in [4.78, 5) is 4.49. The molecule has 14 heavy (non-hydrogen) atoms. The highest BCUT2D eigenvalue weighted by atomic mass is 15.2. The van der Waals surface area contributed by atoms with Gasteiger partial charge in [-0.15, -0.1) is 0 Å². The van der Waals surface area contributed by atoms with Crippen LogP contribution in [0.25, 0.3) is 5.70 Å². The zero-order valence-electron chi connectivity index (χ0n) is 7.75. The van der Waals surface area contributed by atoms with Crippen LogP contribution < -0.4 is 26.9 Å². The van der Waals surface area contributed by atoms with Gasteiger partial charge in [-0.25, -0.2) is 0 Å². The van der Waals surface area contributed by atoms with E-state index in [9.17, 15) is 0 Å². The number of benzene rings is 1. The molecule has 2 heterocycles. The number of anilines is 1. The smallest absolute Gasteiger partial charge is 0.0894 e. The van der Waals surface area contributed by atoms with Crippen LogP contribution >= 0.6 is 0 Å². The third-order valence-electron chi connectivity index (χ3n) is 2.77. The summed E-state index contributed by atoms with van der Waals surface area (Å²) in [7, 11) is 0. The van der Waals surface area contributed by atoms with Gasteiger partial charge in [0.15, 0.2) is 0 Å². The molecular weight excluding hydrogens is 176 g/mol. The van der Waals surface area contributed by atoms with Gasteiger partial charge in [-0.1, -0.05) is 12.1 Å². The van der Waals surface area contributed by atoms with Crippen molar-refractivity contribution >= 4 is 11.4 Å². The molecule has 3 rings (SSSR count). The SMILES string of the molecule is Nc1cccc2c1=NCC1NCNC=21. The van der Waals surface area contributed by atoms with E-state index in [4.69, 9.17) is 5.73 Å². The fourth-order valence-corrected chi connectivity index (χ4v) is 2.07. The number of nitrogen functional groups attached to an aromatic ring is 1. The van der Waals surface area contributed by atoms with Crippen LogP contribution in [-0.2, 0) is 0 Å². The molecule has 1 aromatic rings. The zero-order valence-corrected chi connectivity index (χ0v) is 7.75. The fraction of sp³-hybridized carbons (Fsp3) is 0.300. The standard InChI is InChI=1S/C10H12N4/c11-7-3-1-2-6-9(7)12-4-8-10(6)14-5-13-8/h1-3,8,13-14H,4-5,11H2. The number of para-hydroxylation sites is 1. The summed E-state index contributed by atoms with van der Waals surface area (Å²) in [5.41, 5.74) is 7.87. The third-order valence-corrected chi connectivity index (χ3v) is 2.77. The summed E-state index contributed by atoms with van der Waals surface area (Å²) < 4.78 is 0. The summed E-state index contributed by atoms with van der Waals surface area (Å²) in [6.07, 6.45) is 0. The van der Waals surface area contributed by atoms with Crippen molar-refractivity contribution in [2.75, 3.05) is 18.9 Å². The lowest BCUT2D eigenvalue weighted by atomic mass is 10.1. The third kappa shape index (κ3) is 0.943. The van der Waals surface area contributed by atoms with Gasteiger partial charge >= 0.3 is 0 Å². The Balaban J connectivity index is 2.40. The minimum atomic E-state index is 0.351. The Morgan fingerprint density at radius 1 is 1.43 bits per heavy atom. The molecule has 72 valence electrons. The fourth-order valence-electron chi connectivity index (χ4n) is 2.07. The number of hydrogen-bond donors (Lipinski definition) is 3. The second kappa shape index (κ2) is 2.72. The van der Waals surface area contributed by atoms with Gasteiger partial charge in [-0.2, -0.15) is 0 Å². The number of nitrogens with two attached hydrogens (primary N) is 1. The quantitative estimate of drug-likeness (QED) is 0.436. The van der Waals surface area contributed by atoms with Gasteiger partial charge in [0.1, 0.15) is 0 Å². The first kappa shape index (κ1) is 7.82. The first-order chi connectivity index (χ1) is 6.86. The molecule has 0 aromatic heterocycles. The minimum Gasteiger partial charge on any atom is -0.397 e. The lowest BCUT2D eigenvalue weighted by Gasteiger charge is -2.13. The van der Waals surface area contributed by atoms with E-state index in [1.54, 1.807) is 0 Å². The van der Waals surface area contributed by atoms with Gasteiger partial charge in [0.25, 0.3) is 0 Å². The first-order valence-corrected chi connectivity index (χ1v) is 4.77. The number of nitrogens with one attached hydrogen (secondary N) is 2. The van der Waals surface area contributed by atoms with Crippen molar-refractivity contribution in [1.29, 1.82) is 0 Å². The van der Waals surface area contributed by atoms with Crippen molar-refractivity contribution in [1.82, 2.24) is 10.6 Å². The van der Waals surface area contributed by atoms with Crippen LogP contribution in [0.3, 0.4) is 0 Å². The molecular formula is C10H12N4. The van der Waals surface area contributed by atoms with E-state index < -0.39 is 0 Å². The van der Waals surface area contributed by atoms with E-state index in [1.165, 1.54) is 5.70 Å². The van der Waals surface area contributed by atoms with Crippen molar-refractivity contribution in [3.05, 3.63) is 28.8 Å². The molecule has 1 saturated heterocycles. The van der Waals surface area contributed by atoms with Crippen molar-refractivity contribution < 1.29 is 0 Å². The van der Waals surface area contributed by atoms with Gasteiger partial charge in [0.2, 0.25) is 0 Å². The summed E-state index contributed by atoms with van der Waals surface area (Å²) in [5, 5.41) is 8.75. The Bertz CT molecular complexity index is 491. The van der Waals surface area contributed by atoms with Crippen LogP contribution in [0.2, 0.25) is 0 Å². The van der Waals surface area contributed by atoms with Crippen LogP contribution in [0.5, 0.6) is 0 Å². The van der Waals surface area contributed by atoms with Gasteiger partial charge in [-0.3, -0.25) is 10.3 Å². The summed E-state index contributed by atoms with van der Waals surface area (Å²) >= 11 is 0. The van der Waals surface area contributed by atoms with Gasteiger partial charge in [0.05, 0.1) is 30.3 Å². The number of rotatable bonds is 0. The largest absolute Gasteiger partial charge is 0.397 e. The average Bonchev–Trinajstić information content (AvgIpc) is 2.66. The topological polar surface area (TPSA) is 62.4 Å². The van der Waals surface area contributed by atoms with Crippen LogP contribution in [-0.4, -0.2) is 19.3 Å². The highest BCUT2D eigenvalue weighted by Gasteiger charge is 2.22. The molecule has 4 N–H and O–H groups in total. The number of nitrogens with zero attached hydrogens (tertiary/aromatic N) is 1. The maximum absolute atomic E-state index is 5.87. The molecule has 2 aliphatic heterocycles. The second-order valence-electron chi connectivity index (χ2n) is 3.61. The second-order valence-corrected chi connectivity index (χ2v) is 3.61. The molecule has 1 fully saturated rings. The summed E-state index contributed by atoms with van der Waals surface area (Å²) in [6, 6.07) is 6.28. The van der Waals surface area contributed by atoms with Crippen molar-refractivity contribution in [2.24, 2.45) is 4.99 Å². The maximum atomic E-state index is 5.87. The molecule has 1 aromatic carbocycles. The molecule has 1 unspecified atom stereocenters. The molecule has 4 heteroatoms. The Hall–Kier alpha value is -1.55. The zero-order chi connectivity index (χ0) is 9.54. The van der Waals surface area contributed by atoms with E-state index in [-0.39, 0.29) is 0 Å². The number of fused-ring (bicyclic) bond motifs is 2. The van der Waals surface area contributed by atoms with E-state index >= 15 is 0 Å². The van der Waals surface area contributed by atoms with Crippen LogP contribution in [0.1, 0.15) is 0 Å². The minimum absolute atomic E-state index is 0.351. The predicted octanol–water partition coefficient (Wildman–Crippen LogP) is -1.47. The summed E-state index contributed by atoms with van der Waals surface area (Å²) in [6.45, 7) is 1.60. The maximum Gasteiger partial charge on any atom is 0.0894 e. The van der Waals surface area contributed by atoms with E-state index in [1.807, 2.05) is 12.1 Å². The molecule has 0 saturated carbocycles. The normalized spacial score (nSPS) is 23.4. The van der Waals surface area contributed by atoms with Gasteiger partial charge in [0, 0.05) is 10.9 Å². The molecule has 1 atom stereocenters. The highest BCUT2D eigenvalue weighted by molar-refractivity contribution is 5.55. The molecule has 0 aliphatic carbocycles. The van der Waals surface area contributed by atoms with Gasteiger partial charge < -0.3 is 11.1 Å². The van der Waals surface area contributed by atoms with Gasteiger partial charge in [-0.05, 0) is 6.07 Å². The van der Waals surface area contributed by atoms with E-state index in [0.29, 0.717) is 6.04 Å². The Morgan fingerprint density at radius 3 is 3.29 bits per heavy atom. The molecule has 2 aliphatic rings. The van der Waals surface area contributed by atoms with E-state index in [2.05, 4.69) is 21.7 Å². The van der Waals surface area contributed by atoms with E-state index in [0.717, 1.165) is 29.5 Å². The molecule has 0 bridgehead atoms. The lowest BCUT2D eigenvalue weighted by molar-refractivity contribution is 0.671. The highest BCUT2D eigenvalue weighted by Crippen LogP contribution is 2.06. The van der Waals surface area contributed by atoms with Crippen LogP contribution in [0.15, 0.2) is 23.2 Å². The Morgan fingerprint density at radius 2 is 2.36 bits per heavy atom. The first-order valence-electron chi connectivity index (χ1n) is 4.77. The Kier molecular flexibility index (Phi) is 1.52. The molecule has 4 nitrogen and oxygen atoms in total. The Labute approximate surface area is 81.5 Å². The molecule has 0 radical (unpaired) electrons. The van der Waals surface area contributed by atoms with Crippen molar-refractivity contribution in [3.63, 3.8) is 0 Å². The van der Waals surface area contributed by atoms with Crippen LogP contribution in [0, 0.1) is 0 Å². The molecule has 0 amide bonds. The average molecular weight is 188 g/mol. The lowest BCUT2D eigenvalue weighted by Crippen LogP contribution is -2.41. The predicted molar refractivity (Wildman–Crippen MR) is 54.8 cm³/mol. The molecule has 0 spiro atoms. The van der Waals surface area contributed by atoms with Crippen molar-refractivity contribution in [3.8, 4) is 0 Å². The summed E-state index contributed by atoms with van der Waals surface area (Å²) in [5.74, 6) is 0. The van der Waals surface area contributed by atoms with Crippen molar-refractivity contribution in [2.45, 2.75) is 6.04 Å². The van der Waals surface area contributed by atoms with Crippen LogP contribution in [0.4, 0.5) is 5.69 Å².